The van der Waals surface area contributed by atoms with Crippen LogP contribution in [-0.4, -0.2) is 77.0 Å². The third-order valence-corrected chi connectivity index (χ3v) is 9.24. The Bertz CT molecular complexity index is 1240. The second kappa shape index (κ2) is 17.1. The first-order valence-corrected chi connectivity index (χ1v) is 16.6. The van der Waals surface area contributed by atoms with Crippen LogP contribution in [-0.2, 0) is 32.1 Å². The number of thiazole rings is 1. The van der Waals surface area contributed by atoms with Crippen molar-refractivity contribution in [3.63, 3.8) is 0 Å². The maximum atomic E-state index is 14.0. The molecule has 11 heteroatoms. The van der Waals surface area contributed by atoms with Gasteiger partial charge in [-0.3, -0.25) is 14.5 Å². The minimum Gasteiger partial charge on any atom is -0.461 e. The van der Waals surface area contributed by atoms with Crippen LogP contribution >= 0.6 is 11.3 Å². The number of ether oxygens (including phenoxy) is 2. The van der Waals surface area contributed by atoms with E-state index in [0.717, 1.165) is 23.4 Å². The third kappa shape index (κ3) is 9.51. The van der Waals surface area contributed by atoms with E-state index in [1.54, 1.807) is 24.3 Å². The third-order valence-electron chi connectivity index (χ3n) is 8.33. The van der Waals surface area contributed by atoms with Gasteiger partial charge in [0.1, 0.15) is 18.7 Å². The molecule has 1 aromatic heterocycles. The Morgan fingerprint density at radius 1 is 1.09 bits per heavy atom. The molecule has 1 N–H and O–H groups in total. The second-order valence-corrected chi connectivity index (χ2v) is 12.7. The molecule has 1 aliphatic rings. The number of carbonyl (C=O) groups is 4. The van der Waals surface area contributed by atoms with Gasteiger partial charge in [0.2, 0.25) is 11.8 Å². The van der Waals surface area contributed by atoms with Gasteiger partial charge in [0, 0.05) is 31.4 Å². The van der Waals surface area contributed by atoms with Gasteiger partial charge in [0.25, 0.3) is 0 Å². The van der Waals surface area contributed by atoms with Crippen LogP contribution in [0.2, 0.25) is 0 Å². The van der Waals surface area contributed by atoms with Crippen molar-refractivity contribution in [1.82, 2.24) is 20.1 Å². The number of rotatable bonds is 14. The molecule has 1 aromatic carbocycles. The van der Waals surface area contributed by atoms with Crippen molar-refractivity contribution >= 4 is 35.2 Å². The lowest BCUT2D eigenvalue weighted by molar-refractivity contribution is -0.140. The first kappa shape index (κ1) is 35.0. The second-order valence-electron chi connectivity index (χ2n) is 11.8. The summed E-state index contributed by atoms with van der Waals surface area (Å²) in [6.07, 6.45) is 3.54. The molecule has 10 nitrogen and oxygen atoms in total. The molecule has 1 fully saturated rings. The summed E-state index contributed by atoms with van der Waals surface area (Å²) in [5.74, 6) is -0.892. The number of nitrogens with one attached hydrogen (secondary N) is 1. The Kier molecular flexibility index (Phi) is 13.6. The Labute approximate surface area is 265 Å². The Morgan fingerprint density at radius 2 is 1.82 bits per heavy atom. The fourth-order valence-corrected chi connectivity index (χ4v) is 6.29. The lowest BCUT2D eigenvalue weighted by Crippen LogP contribution is -2.59. The van der Waals surface area contributed by atoms with E-state index in [2.05, 4.69) is 24.1 Å². The van der Waals surface area contributed by atoms with Gasteiger partial charge in [-0.15, -0.1) is 11.3 Å². The quantitative estimate of drug-likeness (QED) is 0.276. The van der Waals surface area contributed by atoms with Gasteiger partial charge in [-0.2, -0.15) is 0 Å². The van der Waals surface area contributed by atoms with E-state index in [1.165, 1.54) is 16.2 Å². The number of piperidine rings is 1. The monoisotopic (exact) mass is 628 g/mol. The summed E-state index contributed by atoms with van der Waals surface area (Å²) >= 11 is 1.41. The van der Waals surface area contributed by atoms with E-state index in [9.17, 15) is 19.2 Å². The molecule has 0 saturated carbocycles. The van der Waals surface area contributed by atoms with E-state index in [4.69, 9.17) is 9.47 Å². The Balaban J connectivity index is 1.68. The SMILES string of the molecule is CCOC(=O)c1csc(CC[C@H](C(C)C)N(C)C(=O)[C@@H](NC(=O)[C@H]2CCCCN2C(=O)OCc2ccccc2)[C@@H](C)CC)n1. The van der Waals surface area contributed by atoms with Gasteiger partial charge in [0.15, 0.2) is 5.69 Å². The van der Waals surface area contributed by atoms with Crippen LogP contribution in [0.25, 0.3) is 0 Å². The van der Waals surface area contributed by atoms with E-state index in [-0.39, 0.29) is 36.3 Å². The van der Waals surface area contributed by atoms with Gasteiger partial charge in [0.05, 0.1) is 11.6 Å². The average Bonchev–Trinajstić information content (AvgIpc) is 3.51. The molecule has 0 radical (unpaired) electrons. The summed E-state index contributed by atoms with van der Waals surface area (Å²) in [6, 6.07) is 7.89. The summed E-state index contributed by atoms with van der Waals surface area (Å²) in [4.78, 5) is 60.4. The normalized spacial score (nSPS) is 17.0. The highest BCUT2D eigenvalue weighted by Crippen LogP contribution is 2.23. The van der Waals surface area contributed by atoms with E-state index in [1.807, 2.05) is 44.2 Å². The van der Waals surface area contributed by atoms with E-state index < -0.39 is 24.1 Å². The van der Waals surface area contributed by atoms with Crippen LogP contribution in [0.1, 0.15) is 87.8 Å². The smallest absolute Gasteiger partial charge is 0.410 e. The summed E-state index contributed by atoms with van der Waals surface area (Å²) in [5, 5.41) is 5.54. The highest BCUT2D eigenvalue weighted by Gasteiger charge is 2.38. The molecule has 0 aliphatic carbocycles. The number of nitrogens with zero attached hydrogens (tertiary/aromatic N) is 3. The fraction of sp³-hybridized carbons (Fsp3) is 0.606. The van der Waals surface area contributed by atoms with Crippen molar-refractivity contribution in [2.45, 2.75) is 97.9 Å². The fourth-order valence-electron chi connectivity index (χ4n) is 5.51. The first-order chi connectivity index (χ1) is 21.1. The number of likely N-dealkylation sites (tertiary alicyclic amines) is 1. The lowest BCUT2D eigenvalue weighted by Gasteiger charge is -2.38. The average molecular weight is 629 g/mol. The molecule has 4 atom stereocenters. The molecule has 2 heterocycles. The first-order valence-electron chi connectivity index (χ1n) is 15.7. The van der Waals surface area contributed by atoms with Crippen molar-refractivity contribution in [3.05, 3.63) is 52.0 Å². The number of hydrogen-bond donors (Lipinski definition) is 1. The Morgan fingerprint density at radius 3 is 2.48 bits per heavy atom. The molecule has 0 spiro atoms. The van der Waals surface area contributed by atoms with Crippen molar-refractivity contribution in [1.29, 1.82) is 0 Å². The largest absolute Gasteiger partial charge is 0.461 e. The summed E-state index contributed by atoms with van der Waals surface area (Å²) in [7, 11) is 1.79. The number of amides is 3. The van der Waals surface area contributed by atoms with Crippen LogP contribution in [0.3, 0.4) is 0 Å². The molecular weight excluding hydrogens is 580 g/mol. The zero-order valence-corrected chi connectivity index (χ0v) is 27.7. The van der Waals surface area contributed by atoms with Crippen molar-refractivity contribution in [3.8, 4) is 0 Å². The van der Waals surface area contributed by atoms with Gasteiger partial charge in [-0.05, 0) is 50.0 Å². The number of aromatic nitrogens is 1. The minimum atomic E-state index is -0.738. The van der Waals surface area contributed by atoms with E-state index in [0.29, 0.717) is 44.5 Å². The van der Waals surface area contributed by atoms with Crippen LogP contribution in [0, 0.1) is 11.8 Å². The van der Waals surface area contributed by atoms with Crippen LogP contribution < -0.4 is 5.32 Å². The highest BCUT2D eigenvalue weighted by molar-refractivity contribution is 7.09. The standard InChI is InChI=1S/C33H48N4O6S/c1-7-23(5)29(31(39)36(6)26(22(3)4)17-18-28-34-25(21-44-28)32(40)42-8-2)35-30(38)27-16-12-13-19-37(27)33(41)43-20-24-14-10-9-11-15-24/h9-11,14-15,21-23,26-27,29H,7-8,12-13,16-20H2,1-6H3,(H,35,38)/t23-,26+,27+,29-/m0/s1. The summed E-state index contributed by atoms with van der Waals surface area (Å²) in [6.45, 7) is 10.7. The van der Waals surface area contributed by atoms with Crippen molar-refractivity contribution in [2.24, 2.45) is 11.8 Å². The number of likely N-dealkylation sites (N-methyl/N-ethyl adjacent to an activating group) is 1. The van der Waals surface area contributed by atoms with Crippen LogP contribution in [0.5, 0.6) is 0 Å². The van der Waals surface area contributed by atoms with Gasteiger partial charge in [-0.1, -0.05) is 64.4 Å². The van der Waals surface area contributed by atoms with Crippen LogP contribution in [0.4, 0.5) is 4.79 Å². The zero-order chi connectivity index (χ0) is 32.2. The van der Waals surface area contributed by atoms with Crippen LogP contribution in [0.15, 0.2) is 35.7 Å². The van der Waals surface area contributed by atoms with Gasteiger partial charge < -0.3 is 19.7 Å². The van der Waals surface area contributed by atoms with Crippen molar-refractivity contribution in [2.75, 3.05) is 20.2 Å². The summed E-state index contributed by atoms with van der Waals surface area (Å²) in [5.41, 5.74) is 1.18. The molecular formula is C33H48N4O6S. The molecule has 44 heavy (non-hydrogen) atoms. The number of aryl methyl sites for hydroxylation is 1. The topological polar surface area (TPSA) is 118 Å². The molecule has 2 aromatic rings. The van der Waals surface area contributed by atoms with Gasteiger partial charge in [-0.25, -0.2) is 14.6 Å². The number of hydrogen-bond acceptors (Lipinski definition) is 8. The zero-order valence-electron chi connectivity index (χ0n) is 26.9. The lowest BCUT2D eigenvalue weighted by atomic mass is 9.93. The molecule has 0 bridgehead atoms. The highest BCUT2D eigenvalue weighted by atomic mass is 32.1. The Hall–Kier alpha value is -3.47. The predicted octanol–water partition coefficient (Wildman–Crippen LogP) is 5.46. The van der Waals surface area contributed by atoms with E-state index >= 15 is 0 Å². The molecule has 1 saturated heterocycles. The minimum absolute atomic E-state index is 0.111. The number of carbonyl (C=O) groups excluding carboxylic acids is 4. The molecule has 1 aliphatic heterocycles. The predicted molar refractivity (Wildman–Crippen MR) is 170 cm³/mol. The number of esters is 1. The molecule has 242 valence electrons. The van der Waals surface area contributed by atoms with Crippen molar-refractivity contribution < 1.29 is 28.7 Å². The number of benzene rings is 1. The van der Waals surface area contributed by atoms with Gasteiger partial charge >= 0.3 is 12.1 Å². The molecule has 3 rings (SSSR count). The summed E-state index contributed by atoms with van der Waals surface area (Å²) < 4.78 is 10.6. The molecule has 3 amide bonds. The maximum Gasteiger partial charge on any atom is 0.410 e. The maximum absolute atomic E-state index is 14.0. The molecule has 0 unspecified atom stereocenters.